The summed E-state index contributed by atoms with van der Waals surface area (Å²) < 4.78 is 5.33. The minimum atomic E-state index is -0.0833. The lowest BCUT2D eigenvalue weighted by Crippen LogP contribution is -2.22. The Morgan fingerprint density at radius 3 is 2.86 bits per heavy atom. The number of nitrogens with one attached hydrogen (secondary N) is 1. The van der Waals surface area contributed by atoms with E-state index in [1.807, 2.05) is 55.5 Å². The van der Waals surface area contributed by atoms with Crippen LogP contribution in [-0.4, -0.2) is 10.9 Å². The number of hydrogen-bond donors (Lipinski definition) is 1. The highest BCUT2D eigenvalue weighted by Crippen LogP contribution is 2.18. The number of rotatable bonds is 4. The third kappa shape index (κ3) is 3.23. The van der Waals surface area contributed by atoms with Gasteiger partial charge in [-0.2, -0.15) is 0 Å². The van der Waals surface area contributed by atoms with E-state index in [2.05, 4.69) is 10.3 Å². The summed E-state index contributed by atoms with van der Waals surface area (Å²) in [6.07, 6.45) is 3.33. The maximum absolute atomic E-state index is 12.1. The van der Waals surface area contributed by atoms with Gasteiger partial charge in [0, 0.05) is 18.3 Å². The Labute approximate surface area is 128 Å². The molecule has 0 atom stereocenters. The monoisotopic (exact) mass is 292 g/mol. The minimum Gasteiger partial charge on any atom is -0.463 e. The summed E-state index contributed by atoms with van der Waals surface area (Å²) >= 11 is 0. The Morgan fingerprint density at radius 2 is 2.09 bits per heavy atom. The van der Waals surface area contributed by atoms with Crippen LogP contribution < -0.4 is 5.32 Å². The molecular formula is C18H16N2O2. The molecule has 1 aromatic carbocycles. The van der Waals surface area contributed by atoms with Crippen LogP contribution in [0.15, 0.2) is 65.4 Å². The van der Waals surface area contributed by atoms with Crippen molar-refractivity contribution >= 4 is 5.91 Å². The van der Waals surface area contributed by atoms with E-state index in [4.69, 9.17) is 4.42 Å². The number of pyridine rings is 1. The van der Waals surface area contributed by atoms with Gasteiger partial charge in [0.15, 0.2) is 5.76 Å². The smallest absolute Gasteiger partial charge is 0.251 e. The Bertz CT molecular complexity index is 779. The second-order valence-corrected chi connectivity index (χ2v) is 5.08. The lowest BCUT2D eigenvalue weighted by molar-refractivity contribution is 0.0951. The van der Waals surface area contributed by atoms with Crippen molar-refractivity contribution in [2.24, 2.45) is 0 Å². The van der Waals surface area contributed by atoms with Gasteiger partial charge in [-0.3, -0.25) is 9.78 Å². The van der Waals surface area contributed by atoms with Crippen LogP contribution in [0.3, 0.4) is 0 Å². The molecule has 4 nitrogen and oxygen atoms in total. The minimum absolute atomic E-state index is 0.0833. The van der Waals surface area contributed by atoms with Crippen LogP contribution in [0.2, 0.25) is 0 Å². The van der Waals surface area contributed by atoms with Crippen molar-refractivity contribution in [2.75, 3.05) is 0 Å². The van der Waals surface area contributed by atoms with Gasteiger partial charge in [0.2, 0.25) is 0 Å². The zero-order chi connectivity index (χ0) is 15.4. The van der Waals surface area contributed by atoms with Gasteiger partial charge < -0.3 is 9.73 Å². The standard InChI is InChI=1S/C18H16N2O2/c1-13-4-2-5-15(10-13)18(21)20-12-14-7-8-19-16(11-14)17-6-3-9-22-17/h2-11H,12H2,1H3,(H,20,21). The first-order chi connectivity index (χ1) is 10.7. The number of nitrogens with zero attached hydrogens (tertiary/aromatic N) is 1. The molecule has 0 saturated carbocycles. The third-order valence-corrected chi connectivity index (χ3v) is 3.33. The second kappa shape index (κ2) is 6.26. The summed E-state index contributed by atoms with van der Waals surface area (Å²) in [6, 6.07) is 15.0. The lowest BCUT2D eigenvalue weighted by atomic mass is 10.1. The highest BCUT2D eigenvalue weighted by molar-refractivity contribution is 5.94. The molecule has 0 saturated heterocycles. The number of aromatic nitrogens is 1. The topological polar surface area (TPSA) is 55.1 Å². The van der Waals surface area contributed by atoms with E-state index >= 15 is 0 Å². The molecule has 0 spiro atoms. The Hall–Kier alpha value is -2.88. The maximum atomic E-state index is 12.1. The fourth-order valence-electron chi connectivity index (χ4n) is 2.21. The summed E-state index contributed by atoms with van der Waals surface area (Å²) in [6.45, 7) is 2.41. The molecule has 0 bridgehead atoms. The van der Waals surface area contributed by atoms with Gasteiger partial charge >= 0.3 is 0 Å². The molecule has 1 N–H and O–H groups in total. The first kappa shape index (κ1) is 14.1. The fraction of sp³-hybridized carbons (Fsp3) is 0.111. The molecule has 1 amide bonds. The van der Waals surface area contributed by atoms with Crippen LogP contribution in [0.1, 0.15) is 21.5 Å². The van der Waals surface area contributed by atoms with E-state index in [1.54, 1.807) is 12.5 Å². The molecule has 0 radical (unpaired) electrons. The molecule has 2 aromatic heterocycles. The first-order valence-electron chi connectivity index (χ1n) is 7.06. The summed E-state index contributed by atoms with van der Waals surface area (Å²) in [5.74, 6) is 0.631. The number of hydrogen-bond acceptors (Lipinski definition) is 3. The Morgan fingerprint density at radius 1 is 1.18 bits per heavy atom. The molecule has 3 rings (SSSR count). The largest absolute Gasteiger partial charge is 0.463 e. The molecule has 0 aliphatic heterocycles. The SMILES string of the molecule is Cc1cccc(C(=O)NCc2ccnc(-c3ccco3)c2)c1. The van der Waals surface area contributed by atoms with Crippen LogP contribution in [0, 0.1) is 6.92 Å². The van der Waals surface area contributed by atoms with E-state index < -0.39 is 0 Å². The zero-order valence-corrected chi connectivity index (χ0v) is 12.2. The van der Waals surface area contributed by atoms with Crippen molar-refractivity contribution in [3.63, 3.8) is 0 Å². The van der Waals surface area contributed by atoms with Crippen LogP contribution >= 0.6 is 0 Å². The van der Waals surface area contributed by atoms with Crippen molar-refractivity contribution < 1.29 is 9.21 Å². The highest BCUT2D eigenvalue weighted by Gasteiger charge is 2.07. The van der Waals surface area contributed by atoms with Crippen molar-refractivity contribution in [1.29, 1.82) is 0 Å². The number of aryl methyl sites for hydroxylation is 1. The molecule has 0 aliphatic carbocycles. The Kier molecular flexibility index (Phi) is 4.01. The number of benzene rings is 1. The van der Waals surface area contributed by atoms with Gasteiger partial charge in [0.25, 0.3) is 5.91 Å². The molecule has 110 valence electrons. The lowest BCUT2D eigenvalue weighted by Gasteiger charge is -2.07. The van der Waals surface area contributed by atoms with Gasteiger partial charge in [-0.1, -0.05) is 17.7 Å². The van der Waals surface area contributed by atoms with E-state index in [-0.39, 0.29) is 5.91 Å². The third-order valence-electron chi connectivity index (χ3n) is 3.33. The van der Waals surface area contributed by atoms with Crippen molar-refractivity contribution in [3.05, 3.63) is 77.7 Å². The Balaban J connectivity index is 1.69. The molecular weight excluding hydrogens is 276 g/mol. The van der Waals surface area contributed by atoms with E-state index in [1.165, 1.54) is 0 Å². The molecule has 2 heterocycles. The van der Waals surface area contributed by atoms with E-state index in [9.17, 15) is 4.79 Å². The van der Waals surface area contributed by atoms with Crippen molar-refractivity contribution in [2.45, 2.75) is 13.5 Å². The number of carbonyl (C=O) groups is 1. The molecule has 0 fully saturated rings. The molecule has 4 heteroatoms. The molecule has 0 unspecified atom stereocenters. The van der Waals surface area contributed by atoms with E-state index in [0.717, 1.165) is 16.8 Å². The number of carbonyl (C=O) groups excluding carboxylic acids is 1. The first-order valence-corrected chi connectivity index (χ1v) is 7.06. The summed E-state index contributed by atoms with van der Waals surface area (Å²) in [4.78, 5) is 16.4. The highest BCUT2D eigenvalue weighted by atomic mass is 16.3. The van der Waals surface area contributed by atoms with Crippen molar-refractivity contribution in [1.82, 2.24) is 10.3 Å². The van der Waals surface area contributed by atoms with Gasteiger partial charge in [-0.25, -0.2) is 0 Å². The molecule has 0 aliphatic rings. The zero-order valence-electron chi connectivity index (χ0n) is 12.2. The van der Waals surface area contributed by atoms with Gasteiger partial charge in [-0.15, -0.1) is 0 Å². The summed E-state index contributed by atoms with van der Waals surface area (Å²) in [7, 11) is 0. The van der Waals surface area contributed by atoms with Crippen LogP contribution in [0.5, 0.6) is 0 Å². The van der Waals surface area contributed by atoms with Gasteiger partial charge in [0.05, 0.1) is 6.26 Å². The molecule has 3 aromatic rings. The fourth-order valence-corrected chi connectivity index (χ4v) is 2.21. The average molecular weight is 292 g/mol. The van der Waals surface area contributed by atoms with Crippen LogP contribution in [0.25, 0.3) is 11.5 Å². The predicted octanol–water partition coefficient (Wildman–Crippen LogP) is 3.58. The van der Waals surface area contributed by atoms with Gasteiger partial charge in [-0.05, 0) is 48.9 Å². The summed E-state index contributed by atoms with van der Waals surface area (Å²) in [5.41, 5.74) is 3.46. The number of amides is 1. The normalized spacial score (nSPS) is 10.4. The van der Waals surface area contributed by atoms with Crippen LogP contribution in [0.4, 0.5) is 0 Å². The van der Waals surface area contributed by atoms with E-state index in [0.29, 0.717) is 17.9 Å². The maximum Gasteiger partial charge on any atom is 0.251 e. The summed E-state index contributed by atoms with van der Waals surface area (Å²) in [5, 5.41) is 2.92. The average Bonchev–Trinajstić information content (AvgIpc) is 3.07. The number of furan rings is 1. The van der Waals surface area contributed by atoms with Gasteiger partial charge in [0.1, 0.15) is 5.69 Å². The molecule has 22 heavy (non-hydrogen) atoms. The predicted molar refractivity (Wildman–Crippen MR) is 84.3 cm³/mol. The van der Waals surface area contributed by atoms with Crippen molar-refractivity contribution in [3.8, 4) is 11.5 Å². The quantitative estimate of drug-likeness (QED) is 0.799. The second-order valence-electron chi connectivity index (χ2n) is 5.08. The van der Waals surface area contributed by atoms with Crippen LogP contribution in [-0.2, 0) is 6.54 Å².